The number of ether oxygens (including phenoxy) is 1. The number of carbonyl (C=O) groups excluding carboxylic acids is 1. The molecular formula is C22H29NO2. The molecule has 2 aromatic rings. The molecule has 3 nitrogen and oxygen atoms in total. The van der Waals surface area contributed by atoms with Crippen molar-refractivity contribution in [3.63, 3.8) is 0 Å². The Hall–Kier alpha value is -2.29. The van der Waals surface area contributed by atoms with Gasteiger partial charge in [-0.15, -0.1) is 0 Å². The van der Waals surface area contributed by atoms with E-state index >= 15 is 0 Å². The van der Waals surface area contributed by atoms with Crippen molar-refractivity contribution < 1.29 is 9.53 Å². The average molecular weight is 339 g/mol. The van der Waals surface area contributed by atoms with Gasteiger partial charge in [-0.2, -0.15) is 0 Å². The van der Waals surface area contributed by atoms with Gasteiger partial charge in [-0.1, -0.05) is 63.2 Å². The fraction of sp³-hybridized carbons (Fsp3) is 0.409. The highest BCUT2D eigenvalue weighted by Gasteiger charge is 2.19. The van der Waals surface area contributed by atoms with Gasteiger partial charge in [0.15, 0.2) is 6.61 Å². The summed E-state index contributed by atoms with van der Waals surface area (Å²) < 4.78 is 5.77. The standard InChI is InChI=1S/C22H29NO2/c1-6-18-10-12-19(13-11-18)21(15(2)3)23-20(24)14-25-22-16(4)8-7-9-17(22)5/h7-13,15,21H,6,14H2,1-5H3,(H,23,24). The molecule has 0 bridgehead atoms. The van der Waals surface area contributed by atoms with Crippen LogP contribution in [-0.4, -0.2) is 12.5 Å². The highest BCUT2D eigenvalue weighted by Crippen LogP contribution is 2.24. The summed E-state index contributed by atoms with van der Waals surface area (Å²) in [6.07, 6.45) is 1.02. The van der Waals surface area contributed by atoms with Crippen molar-refractivity contribution in [1.29, 1.82) is 0 Å². The molecule has 1 amide bonds. The first-order valence-corrected chi connectivity index (χ1v) is 8.99. The first-order chi connectivity index (χ1) is 11.9. The highest BCUT2D eigenvalue weighted by atomic mass is 16.5. The van der Waals surface area contributed by atoms with E-state index in [1.165, 1.54) is 5.56 Å². The molecule has 0 heterocycles. The second-order valence-electron chi connectivity index (χ2n) is 6.89. The van der Waals surface area contributed by atoms with Crippen LogP contribution in [0.4, 0.5) is 0 Å². The average Bonchev–Trinajstić information content (AvgIpc) is 2.59. The molecule has 2 aromatic carbocycles. The lowest BCUT2D eigenvalue weighted by molar-refractivity contribution is -0.124. The van der Waals surface area contributed by atoms with Crippen molar-refractivity contribution >= 4 is 5.91 Å². The minimum atomic E-state index is -0.0964. The van der Waals surface area contributed by atoms with Crippen LogP contribution in [0.5, 0.6) is 5.75 Å². The van der Waals surface area contributed by atoms with Crippen LogP contribution in [0.25, 0.3) is 0 Å². The van der Waals surface area contributed by atoms with Crippen molar-refractivity contribution in [2.24, 2.45) is 5.92 Å². The Morgan fingerprint density at radius 3 is 2.16 bits per heavy atom. The number of benzene rings is 2. The SMILES string of the molecule is CCc1ccc(C(NC(=O)COc2c(C)cccc2C)C(C)C)cc1. The summed E-state index contributed by atoms with van der Waals surface area (Å²) in [5, 5.41) is 3.12. The summed E-state index contributed by atoms with van der Waals surface area (Å²) in [6, 6.07) is 14.4. The van der Waals surface area contributed by atoms with Gasteiger partial charge >= 0.3 is 0 Å². The molecule has 0 saturated carbocycles. The smallest absolute Gasteiger partial charge is 0.258 e. The van der Waals surface area contributed by atoms with E-state index in [1.54, 1.807) is 0 Å². The molecule has 1 atom stereocenters. The predicted octanol–water partition coefficient (Wildman–Crippen LogP) is 4.76. The van der Waals surface area contributed by atoms with E-state index in [1.807, 2.05) is 32.0 Å². The maximum absolute atomic E-state index is 12.4. The second-order valence-corrected chi connectivity index (χ2v) is 6.89. The van der Waals surface area contributed by atoms with Crippen LogP contribution >= 0.6 is 0 Å². The predicted molar refractivity (Wildman–Crippen MR) is 103 cm³/mol. The zero-order valence-corrected chi connectivity index (χ0v) is 15.9. The second kappa shape index (κ2) is 8.70. The maximum Gasteiger partial charge on any atom is 0.258 e. The Morgan fingerprint density at radius 2 is 1.64 bits per heavy atom. The molecule has 1 unspecified atom stereocenters. The summed E-state index contributed by atoms with van der Waals surface area (Å²) in [5.41, 5.74) is 4.52. The van der Waals surface area contributed by atoms with Gasteiger partial charge < -0.3 is 10.1 Å². The van der Waals surface area contributed by atoms with E-state index in [9.17, 15) is 4.79 Å². The summed E-state index contributed by atoms with van der Waals surface area (Å²) in [7, 11) is 0. The molecular weight excluding hydrogens is 310 g/mol. The van der Waals surface area contributed by atoms with Crippen LogP contribution in [0.15, 0.2) is 42.5 Å². The van der Waals surface area contributed by atoms with Crippen molar-refractivity contribution in [2.45, 2.75) is 47.1 Å². The van der Waals surface area contributed by atoms with Gasteiger partial charge in [0.05, 0.1) is 6.04 Å². The number of para-hydroxylation sites is 1. The van der Waals surface area contributed by atoms with E-state index in [4.69, 9.17) is 4.74 Å². The maximum atomic E-state index is 12.4. The molecule has 2 rings (SSSR count). The van der Waals surface area contributed by atoms with E-state index in [2.05, 4.69) is 50.4 Å². The number of rotatable bonds is 7. The first-order valence-electron chi connectivity index (χ1n) is 8.99. The summed E-state index contributed by atoms with van der Waals surface area (Å²) in [6.45, 7) is 10.4. The van der Waals surface area contributed by atoms with Crippen LogP contribution in [-0.2, 0) is 11.2 Å². The number of amides is 1. The summed E-state index contributed by atoms with van der Waals surface area (Å²) in [4.78, 5) is 12.4. The Labute approximate surface area is 151 Å². The number of aryl methyl sites for hydroxylation is 3. The van der Waals surface area contributed by atoms with E-state index in [0.29, 0.717) is 5.92 Å². The third kappa shape index (κ3) is 5.09. The topological polar surface area (TPSA) is 38.3 Å². The van der Waals surface area contributed by atoms with Crippen LogP contribution in [0.2, 0.25) is 0 Å². The highest BCUT2D eigenvalue weighted by molar-refractivity contribution is 5.78. The zero-order chi connectivity index (χ0) is 18.4. The van der Waals surface area contributed by atoms with E-state index in [0.717, 1.165) is 28.9 Å². The zero-order valence-electron chi connectivity index (χ0n) is 15.9. The molecule has 0 radical (unpaired) electrons. The van der Waals surface area contributed by atoms with Gasteiger partial charge in [-0.3, -0.25) is 4.79 Å². The van der Waals surface area contributed by atoms with E-state index in [-0.39, 0.29) is 18.6 Å². The molecule has 0 fully saturated rings. The van der Waals surface area contributed by atoms with Gasteiger partial charge in [0.2, 0.25) is 0 Å². The molecule has 0 aliphatic rings. The van der Waals surface area contributed by atoms with Crippen molar-refractivity contribution in [3.8, 4) is 5.75 Å². The number of nitrogens with one attached hydrogen (secondary N) is 1. The minimum absolute atomic E-state index is 0.0139. The van der Waals surface area contributed by atoms with Crippen LogP contribution in [0.3, 0.4) is 0 Å². The van der Waals surface area contributed by atoms with Gasteiger partial charge in [0, 0.05) is 0 Å². The molecule has 0 aromatic heterocycles. The largest absolute Gasteiger partial charge is 0.483 e. The third-order valence-corrected chi connectivity index (χ3v) is 4.49. The van der Waals surface area contributed by atoms with Crippen LogP contribution in [0.1, 0.15) is 49.1 Å². The van der Waals surface area contributed by atoms with Crippen molar-refractivity contribution in [2.75, 3.05) is 6.61 Å². The Kier molecular flexibility index (Phi) is 6.63. The van der Waals surface area contributed by atoms with Crippen LogP contribution < -0.4 is 10.1 Å². The monoisotopic (exact) mass is 339 g/mol. The van der Waals surface area contributed by atoms with Crippen LogP contribution in [0, 0.1) is 19.8 Å². The summed E-state index contributed by atoms with van der Waals surface area (Å²) >= 11 is 0. The normalized spacial score (nSPS) is 12.1. The molecule has 134 valence electrons. The van der Waals surface area contributed by atoms with Crippen molar-refractivity contribution in [1.82, 2.24) is 5.32 Å². The number of carbonyl (C=O) groups is 1. The third-order valence-electron chi connectivity index (χ3n) is 4.49. The lowest BCUT2D eigenvalue weighted by Gasteiger charge is -2.23. The lowest BCUT2D eigenvalue weighted by Crippen LogP contribution is -2.35. The van der Waals surface area contributed by atoms with Gasteiger partial charge in [-0.25, -0.2) is 0 Å². The first kappa shape index (κ1) is 19.0. The van der Waals surface area contributed by atoms with Gasteiger partial charge in [0.1, 0.15) is 5.75 Å². The fourth-order valence-electron chi connectivity index (χ4n) is 2.98. The lowest BCUT2D eigenvalue weighted by atomic mass is 9.95. The number of hydrogen-bond acceptors (Lipinski definition) is 2. The van der Waals surface area contributed by atoms with Crippen molar-refractivity contribution in [3.05, 3.63) is 64.7 Å². The molecule has 0 aliphatic carbocycles. The molecule has 3 heteroatoms. The Balaban J connectivity index is 2.02. The fourth-order valence-corrected chi connectivity index (χ4v) is 2.98. The Morgan fingerprint density at radius 1 is 1.04 bits per heavy atom. The number of hydrogen-bond donors (Lipinski definition) is 1. The molecule has 0 aliphatic heterocycles. The quantitative estimate of drug-likeness (QED) is 0.790. The van der Waals surface area contributed by atoms with Gasteiger partial charge in [0.25, 0.3) is 5.91 Å². The molecule has 1 N–H and O–H groups in total. The Bertz CT molecular complexity index is 684. The molecule has 0 saturated heterocycles. The van der Waals surface area contributed by atoms with E-state index < -0.39 is 0 Å². The summed E-state index contributed by atoms with van der Waals surface area (Å²) in [5.74, 6) is 1.00. The molecule has 25 heavy (non-hydrogen) atoms. The molecule has 0 spiro atoms. The minimum Gasteiger partial charge on any atom is -0.483 e. The van der Waals surface area contributed by atoms with Gasteiger partial charge in [-0.05, 0) is 48.4 Å².